The summed E-state index contributed by atoms with van der Waals surface area (Å²) in [6, 6.07) is 45.0. The minimum atomic E-state index is -0.356. The molecule has 172 valence electrons. The summed E-state index contributed by atoms with van der Waals surface area (Å²) < 4.78 is 0. The van der Waals surface area contributed by atoms with Gasteiger partial charge in [-0.3, -0.25) is 0 Å². The van der Waals surface area contributed by atoms with E-state index in [1.165, 1.54) is 40.0 Å². The molecule has 34 heavy (non-hydrogen) atoms. The Balaban J connectivity index is 1.43. The molecule has 0 nitrogen and oxygen atoms in total. The van der Waals surface area contributed by atoms with Gasteiger partial charge in [0.2, 0.25) is 0 Å². The zero-order chi connectivity index (χ0) is 23.4. The lowest BCUT2D eigenvalue weighted by Gasteiger charge is -2.54. The van der Waals surface area contributed by atoms with Crippen molar-refractivity contribution < 1.29 is 0 Å². The normalized spacial score (nSPS) is 19.2. The van der Waals surface area contributed by atoms with Gasteiger partial charge in [0.15, 0.2) is 0 Å². The van der Waals surface area contributed by atoms with E-state index < -0.39 is 0 Å². The van der Waals surface area contributed by atoms with E-state index in [1.807, 2.05) is 0 Å². The van der Waals surface area contributed by atoms with Crippen LogP contribution in [0.2, 0.25) is 0 Å². The van der Waals surface area contributed by atoms with Crippen LogP contribution in [0.25, 0.3) is 0 Å². The molecule has 1 saturated carbocycles. The summed E-state index contributed by atoms with van der Waals surface area (Å²) in [4.78, 5) is 0. The second-order valence-corrected chi connectivity index (χ2v) is 14.6. The van der Waals surface area contributed by atoms with Crippen LogP contribution in [0.5, 0.6) is 0 Å². The predicted octanol–water partition coefficient (Wildman–Crippen LogP) is 6.91. The Labute approximate surface area is 208 Å². The van der Waals surface area contributed by atoms with Gasteiger partial charge < -0.3 is 0 Å². The van der Waals surface area contributed by atoms with Crippen LogP contribution < -0.4 is 21.2 Å². The van der Waals surface area contributed by atoms with Crippen LogP contribution in [-0.4, -0.2) is 12.3 Å². The topological polar surface area (TPSA) is 0 Å². The molecule has 2 atom stereocenters. The van der Waals surface area contributed by atoms with Gasteiger partial charge in [0, 0.05) is 0 Å². The van der Waals surface area contributed by atoms with Crippen LogP contribution >= 0.6 is 15.8 Å². The fourth-order valence-electron chi connectivity index (χ4n) is 5.62. The third kappa shape index (κ3) is 5.20. The SMILES string of the molecule is CC1(C)CC(CP(c2ccccc2)c2ccccc2)C1CP(c1ccccc1)c1ccccc1. The molecule has 1 aliphatic carbocycles. The van der Waals surface area contributed by atoms with Crippen LogP contribution in [0.1, 0.15) is 20.3 Å². The van der Waals surface area contributed by atoms with Gasteiger partial charge in [0.25, 0.3) is 0 Å². The molecule has 0 radical (unpaired) electrons. The molecule has 5 rings (SSSR count). The van der Waals surface area contributed by atoms with Crippen LogP contribution in [0.4, 0.5) is 0 Å². The maximum absolute atomic E-state index is 2.50. The van der Waals surface area contributed by atoms with Crippen molar-refractivity contribution in [3.63, 3.8) is 0 Å². The first-order valence-corrected chi connectivity index (χ1v) is 15.4. The van der Waals surface area contributed by atoms with Crippen molar-refractivity contribution in [1.29, 1.82) is 0 Å². The molecule has 0 N–H and O–H groups in total. The van der Waals surface area contributed by atoms with Crippen molar-refractivity contribution in [2.45, 2.75) is 20.3 Å². The van der Waals surface area contributed by atoms with E-state index in [0.29, 0.717) is 5.41 Å². The number of hydrogen-bond acceptors (Lipinski definition) is 0. The third-order valence-electron chi connectivity index (χ3n) is 7.43. The summed E-state index contributed by atoms with van der Waals surface area (Å²) in [6.07, 6.45) is 3.92. The maximum Gasteiger partial charge on any atom is -0.0195 e. The Morgan fingerprint density at radius 2 is 0.853 bits per heavy atom. The molecule has 0 spiro atoms. The quantitative estimate of drug-likeness (QED) is 0.240. The van der Waals surface area contributed by atoms with Gasteiger partial charge in [-0.05, 0) is 73.1 Å². The molecule has 4 aromatic carbocycles. The second-order valence-electron chi connectivity index (χ2n) is 10.1. The van der Waals surface area contributed by atoms with Gasteiger partial charge in [-0.25, -0.2) is 0 Å². The Bertz CT molecular complexity index is 1080. The van der Waals surface area contributed by atoms with E-state index >= 15 is 0 Å². The third-order valence-corrected chi connectivity index (χ3v) is 12.7. The zero-order valence-electron chi connectivity index (χ0n) is 20.2. The van der Waals surface area contributed by atoms with Gasteiger partial charge in [-0.15, -0.1) is 0 Å². The molecule has 1 aliphatic rings. The number of hydrogen-bond donors (Lipinski definition) is 0. The Morgan fingerprint density at radius 3 is 1.18 bits per heavy atom. The first-order chi connectivity index (χ1) is 16.6. The van der Waals surface area contributed by atoms with Gasteiger partial charge in [-0.2, -0.15) is 0 Å². The minimum absolute atomic E-state index is 0.339. The first-order valence-electron chi connectivity index (χ1n) is 12.4. The highest BCUT2D eigenvalue weighted by molar-refractivity contribution is 7.73. The molecule has 0 aromatic heterocycles. The average Bonchev–Trinajstić information content (AvgIpc) is 2.89. The molecular formula is C32H34P2. The predicted molar refractivity (Wildman–Crippen MR) is 153 cm³/mol. The highest BCUT2D eigenvalue weighted by atomic mass is 31.1. The average molecular weight is 481 g/mol. The Morgan fingerprint density at radius 1 is 0.529 bits per heavy atom. The van der Waals surface area contributed by atoms with Crippen molar-refractivity contribution in [3.05, 3.63) is 121 Å². The molecule has 0 amide bonds. The Hall–Kier alpha value is -2.26. The monoisotopic (exact) mass is 480 g/mol. The highest BCUT2D eigenvalue weighted by Gasteiger charge is 2.48. The molecule has 2 unspecified atom stereocenters. The van der Waals surface area contributed by atoms with Crippen molar-refractivity contribution in [2.24, 2.45) is 17.3 Å². The lowest BCUT2D eigenvalue weighted by molar-refractivity contribution is 0.0210. The molecule has 2 heteroatoms. The van der Waals surface area contributed by atoms with Gasteiger partial charge in [0.1, 0.15) is 0 Å². The Kier molecular flexibility index (Phi) is 7.29. The minimum Gasteiger partial charge on any atom is -0.0622 e. The van der Waals surface area contributed by atoms with Gasteiger partial charge in [0.05, 0.1) is 0 Å². The van der Waals surface area contributed by atoms with Crippen molar-refractivity contribution >= 4 is 37.1 Å². The molecule has 0 bridgehead atoms. The van der Waals surface area contributed by atoms with E-state index in [0.717, 1.165) is 11.8 Å². The molecule has 0 saturated heterocycles. The molecule has 1 fully saturated rings. The van der Waals surface area contributed by atoms with Gasteiger partial charge >= 0.3 is 0 Å². The van der Waals surface area contributed by atoms with Gasteiger partial charge in [-0.1, -0.05) is 135 Å². The van der Waals surface area contributed by atoms with Crippen LogP contribution in [0, 0.1) is 17.3 Å². The molecule has 0 heterocycles. The lowest BCUT2D eigenvalue weighted by Crippen LogP contribution is -2.48. The van der Waals surface area contributed by atoms with E-state index in [4.69, 9.17) is 0 Å². The largest absolute Gasteiger partial charge is 0.0622 e. The summed E-state index contributed by atoms with van der Waals surface area (Å²) in [7, 11) is -0.695. The number of benzene rings is 4. The zero-order valence-corrected chi connectivity index (χ0v) is 22.0. The first kappa shape index (κ1) is 23.5. The van der Waals surface area contributed by atoms with Crippen LogP contribution in [0.3, 0.4) is 0 Å². The van der Waals surface area contributed by atoms with E-state index in [1.54, 1.807) is 0 Å². The number of rotatable bonds is 8. The fourth-order valence-corrected chi connectivity index (χ4v) is 11.2. The van der Waals surface area contributed by atoms with Crippen molar-refractivity contribution in [2.75, 3.05) is 12.3 Å². The summed E-state index contributed by atoms with van der Waals surface area (Å²) in [5, 5.41) is 6.05. The summed E-state index contributed by atoms with van der Waals surface area (Å²) in [5.41, 5.74) is 0.406. The van der Waals surface area contributed by atoms with E-state index in [9.17, 15) is 0 Å². The standard InChI is InChI=1S/C32H34P2/c1-32(2)23-26(24-33(27-15-7-3-8-16-27)28-17-9-4-10-18-28)31(32)25-34(29-19-11-5-12-20-29)30-21-13-6-14-22-30/h3-22,26,31H,23-25H2,1-2H3. The summed E-state index contributed by atoms with van der Waals surface area (Å²) in [5.74, 6) is 1.52. The van der Waals surface area contributed by atoms with Crippen LogP contribution in [-0.2, 0) is 0 Å². The van der Waals surface area contributed by atoms with E-state index in [2.05, 4.69) is 135 Å². The second kappa shape index (κ2) is 10.6. The fraction of sp³-hybridized carbons (Fsp3) is 0.250. The maximum atomic E-state index is 2.50. The lowest BCUT2D eigenvalue weighted by atomic mass is 9.57. The molecule has 0 aliphatic heterocycles. The van der Waals surface area contributed by atoms with E-state index in [-0.39, 0.29) is 15.8 Å². The summed E-state index contributed by atoms with van der Waals surface area (Å²) in [6.45, 7) is 5.01. The smallest absolute Gasteiger partial charge is 0.0195 e. The highest BCUT2D eigenvalue weighted by Crippen LogP contribution is 2.58. The summed E-state index contributed by atoms with van der Waals surface area (Å²) >= 11 is 0. The van der Waals surface area contributed by atoms with Crippen molar-refractivity contribution in [3.8, 4) is 0 Å². The van der Waals surface area contributed by atoms with Crippen molar-refractivity contribution in [1.82, 2.24) is 0 Å². The van der Waals surface area contributed by atoms with Crippen LogP contribution in [0.15, 0.2) is 121 Å². The molecule has 4 aromatic rings. The molecular weight excluding hydrogens is 446 g/mol.